The van der Waals surface area contributed by atoms with E-state index in [1.807, 2.05) is 24.3 Å². The van der Waals surface area contributed by atoms with Gasteiger partial charge in [0.1, 0.15) is 21.9 Å². The molecule has 5 aromatic rings. The maximum Gasteiger partial charge on any atom is 0.275 e. The number of halogens is 1. The van der Waals surface area contributed by atoms with E-state index in [1.165, 1.54) is 17.4 Å². The van der Waals surface area contributed by atoms with E-state index in [2.05, 4.69) is 4.98 Å². The van der Waals surface area contributed by atoms with E-state index < -0.39 is 0 Å². The van der Waals surface area contributed by atoms with E-state index in [-0.39, 0.29) is 11.4 Å². The Morgan fingerprint density at radius 1 is 1.04 bits per heavy atom. The van der Waals surface area contributed by atoms with Crippen molar-refractivity contribution >= 4 is 33.4 Å². The van der Waals surface area contributed by atoms with Crippen LogP contribution < -0.4 is 10.1 Å². The monoisotopic (exact) mass is 362 g/mol. The quantitative estimate of drug-likeness (QED) is 0.479. The minimum atomic E-state index is -0.348. The molecule has 0 unspecified atom stereocenters. The molecule has 0 aliphatic carbocycles. The van der Waals surface area contributed by atoms with E-state index >= 15 is 0 Å². The molecule has 5 rings (SSSR count). The van der Waals surface area contributed by atoms with Crippen molar-refractivity contribution in [1.82, 2.24) is 9.38 Å². The molecule has 0 saturated carbocycles. The highest BCUT2D eigenvalue weighted by atomic mass is 32.1. The molecule has 0 atom stereocenters. The number of hydrogen-bond acceptors (Lipinski definition) is 4. The summed E-state index contributed by atoms with van der Waals surface area (Å²) < 4.78 is 21.7. The van der Waals surface area contributed by atoms with Gasteiger partial charge in [-0.1, -0.05) is 35.6 Å². The van der Waals surface area contributed by atoms with Gasteiger partial charge >= 0.3 is 0 Å². The molecule has 2 aromatic carbocycles. The highest BCUT2D eigenvalue weighted by molar-refractivity contribution is 7.15. The topological polar surface area (TPSA) is 47.5 Å². The van der Waals surface area contributed by atoms with E-state index in [1.54, 1.807) is 40.8 Å². The normalized spacial score (nSPS) is 12.4. The van der Waals surface area contributed by atoms with E-state index in [0.29, 0.717) is 26.6 Å². The smallest absolute Gasteiger partial charge is 0.275 e. The Morgan fingerprint density at radius 3 is 2.73 bits per heavy atom. The molecule has 3 heterocycles. The Hall–Kier alpha value is -3.25. The highest BCUT2D eigenvalue weighted by Crippen LogP contribution is 2.25. The van der Waals surface area contributed by atoms with Crippen molar-refractivity contribution < 1.29 is 8.81 Å². The molecule has 3 aromatic heterocycles. The zero-order valence-corrected chi connectivity index (χ0v) is 14.2. The van der Waals surface area contributed by atoms with Gasteiger partial charge in [0, 0.05) is 6.08 Å². The molecule has 126 valence electrons. The van der Waals surface area contributed by atoms with Crippen molar-refractivity contribution in [1.29, 1.82) is 0 Å². The van der Waals surface area contributed by atoms with Crippen LogP contribution in [0.5, 0.6) is 0 Å². The van der Waals surface area contributed by atoms with Gasteiger partial charge < -0.3 is 4.42 Å². The van der Waals surface area contributed by atoms with Gasteiger partial charge in [-0.05, 0) is 36.4 Å². The van der Waals surface area contributed by atoms with Gasteiger partial charge in [0.2, 0.25) is 0 Å². The van der Waals surface area contributed by atoms with E-state index in [4.69, 9.17) is 4.42 Å². The number of rotatable bonds is 2. The van der Waals surface area contributed by atoms with Crippen molar-refractivity contribution in [3.05, 3.63) is 87.1 Å². The lowest BCUT2D eigenvalue weighted by molar-refractivity contribution is 0.560. The zero-order valence-electron chi connectivity index (χ0n) is 13.3. The van der Waals surface area contributed by atoms with Crippen LogP contribution in [0, 0.1) is 5.82 Å². The molecular weight excluding hydrogens is 351 g/mol. The second kappa shape index (κ2) is 5.64. The zero-order chi connectivity index (χ0) is 17.7. The van der Waals surface area contributed by atoms with Crippen LogP contribution in [0.4, 0.5) is 4.39 Å². The first-order chi connectivity index (χ1) is 12.7. The summed E-state index contributed by atoms with van der Waals surface area (Å²) in [4.78, 5) is 17.9. The third-order valence-electron chi connectivity index (χ3n) is 4.18. The number of fused-ring (bicyclic) bond motifs is 3. The number of hydrogen-bond donors (Lipinski definition) is 0. The van der Waals surface area contributed by atoms with Crippen LogP contribution in [0.3, 0.4) is 0 Å². The fourth-order valence-electron chi connectivity index (χ4n) is 2.98. The van der Waals surface area contributed by atoms with Gasteiger partial charge in [-0.3, -0.25) is 4.79 Å². The fourth-order valence-corrected chi connectivity index (χ4v) is 3.94. The van der Waals surface area contributed by atoms with Crippen molar-refractivity contribution in [2.75, 3.05) is 0 Å². The molecule has 0 aliphatic heterocycles. The van der Waals surface area contributed by atoms with Crippen molar-refractivity contribution in [3.8, 4) is 11.3 Å². The number of para-hydroxylation sites is 2. The predicted octanol–water partition coefficient (Wildman–Crippen LogP) is 3.86. The molecule has 0 N–H and O–H groups in total. The minimum absolute atomic E-state index is 0.137. The highest BCUT2D eigenvalue weighted by Gasteiger charge is 2.12. The van der Waals surface area contributed by atoms with Crippen molar-refractivity contribution in [2.24, 2.45) is 0 Å². The average molecular weight is 362 g/mol. The van der Waals surface area contributed by atoms with Gasteiger partial charge in [-0.25, -0.2) is 13.8 Å². The van der Waals surface area contributed by atoms with Gasteiger partial charge in [0.15, 0.2) is 4.96 Å². The average Bonchev–Trinajstić information content (AvgIpc) is 3.32. The van der Waals surface area contributed by atoms with Crippen LogP contribution >= 0.6 is 11.3 Å². The first-order valence-corrected chi connectivity index (χ1v) is 8.79. The molecule has 26 heavy (non-hydrogen) atoms. The Kier molecular flexibility index (Phi) is 3.26. The third-order valence-corrected chi connectivity index (χ3v) is 5.15. The Balaban J connectivity index is 1.65. The number of furan rings is 1. The molecule has 0 fully saturated rings. The number of benzene rings is 2. The lowest BCUT2D eigenvalue weighted by Gasteiger charge is -1.97. The van der Waals surface area contributed by atoms with Gasteiger partial charge in [0.25, 0.3) is 5.56 Å². The van der Waals surface area contributed by atoms with Crippen molar-refractivity contribution in [3.63, 3.8) is 0 Å². The van der Waals surface area contributed by atoms with E-state index in [9.17, 15) is 9.18 Å². The van der Waals surface area contributed by atoms with Crippen LogP contribution in [0.2, 0.25) is 0 Å². The standard InChI is InChI=1S/C20H11FN2O2S/c21-14-6-2-1-5-13(14)17-10-9-12(25-17)11-18-19(24)23-16-8-4-3-7-15(16)22-20(23)26-18/h1-11H. The Bertz CT molecular complexity index is 1380. The van der Waals surface area contributed by atoms with E-state index in [0.717, 1.165) is 11.0 Å². The molecule has 0 amide bonds. The molecule has 4 nitrogen and oxygen atoms in total. The van der Waals surface area contributed by atoms with Gasteiger partial charge in [0.05, 0.1) is 16.6 Å². The van der Waals surface area contributed by atoms with Crippen molar-refractivity contribution in [2.45, 2.75) is 0 Å². The summed E-state index contributed by atoms with van der Waals surface area (Å²) in [5.74, 6) is 0.571. The Labute approximate surface area is 150 Å². The maximum atomic E-state index is 13.9. The summed E-state index contributed by atoms with van der Waals surface area (Å²) >= 11 is 1.30. The second-order valence-corrected chi connectivity index (χ2v) is 6.83. The summed E-state index contributed by atoms with van der Waals surface area (Å²) in [6.45, 7) is 0. The number of nitrogens with zero attached hydrogens (tertiary/aromatic N) is 2. The van der Waals surface area contributed by atoms with Crippen LogP contribution in [-0.4, -0.2) is 9.38 Å². The summed E-state index contributed by atoms with van der Waals surface area (Å²) in [5, 5.41) is 0. The molecule has 6 heteroatoms. The largest absolute Gasteiger partial charge is 0.457 e. The van der Waals surface area contributed by atoms with Gasteiger partial charge in [-0.15, -0.1) is 0 Å². The maximum absolute atomic E-state index is 13.9. The fraction of sp³-hybridized carbons (Fsp3) is 0. The molecule has 0 radical (unpaired) electrons. The first-order valence-electron chi connectivity index (χ1n) is 7.97. The predicted molar refractivity (Wildman–Crippen MR) is 99.7 cm³/mol. The number of imidazole rings is 1. The number of thiazole rings is 1. The summed E-state index contributed by atoms with van der Waals surface area (Å²) in [6, 6.07) is 17.4. The third kappa shape index (κ3) is 2.27. The number of aromatic nitrogens is 2. The summed E-state index contributed by atoms with van der Waals surface area (Å²) in [6.07, 6.45) is 1.67. The second-order valence-electron chi connectivity index (χ2n) is 5.82. The SMILES string of the molecule is O=c1c(=Cc2ccc(-c3ccccc3F)o2)sc2nc3ccccc3n12. The van der Waals surface area contributed by atoms with Crippen LogP contribution in [-0.2, 0) is 0 Å². The van der Waals surface area contributed by atoms with Crippen LogP contribution in [0.15, 0.2) is 69.9 Å². The lowest BCUT2D eigenvalue weighted by atomic mass is 10.1. The van der Waals surface area contributed by atoms with Crippen LogP contribution in [0.25, 0.3) is 33.4 Å². The summed E-state index contributed by atoms with van der Waals surface area (Å²) in [5.41, 5.74) is 1.83. The molecular formula is C20H11FN2O2S. The minimum Gasteiger partial charge on any atom is -0.457 e. The first kappa shape index (κ1) is 15.0. The molecule has 0 aliphatic rings. The van der Waals surface area contributed by atoms with Gasteiger partial charge in [-0.2, -0.15) is 0 Å². The molecule has 0 bridgehead atoms. The van der Waals surface area contributed by atoms with Crippen LogP contribution in [0.1, 0.15) is 5.76 Å². The Morgan fingerprint density at radius 2 is 1.85 bits per heavy atom. The lowest BCUT2D eigenvalue weighted by Crippen LogP contribution is -2.22. The molecule has 0 spiro atoms. The molecule has 0 saturated heterocycles. The summed E-state index contributed by atoms with van der Waals surface area (Å²) in [7, 11) is 0.